The summed E-state index contributed by atoms with van der Waals surface area (Å²) in [5.41, 5.74) is 3.35. The minimum atomic E-state index is -0.0408. The molecular weight excluding hydrogens is 336 g/mol. The summed E-state index contributed by atoms with van der Waals surface area (Å²) < 4.78 is 0. The van der Waals surface area contributed by atoms with Gasteiger partial charge in [0.1, 0.15) is 0 Å². The predicted octanol–water partition coefficient (Wildman–Crippen LogP) is 2.54. The van der Waals surface area contributed by atoms with E-state index < -0.39 is 0 Å². The summed E-state index contributed by atoms with van der Waals surface area (Å²) in [4.78, 5) is 20.0. The number of aromatic nitrogens is 1. The Morgan fingerprint density at radius 3 is 2.59 bits per heavy atom. The maximum atomic E-state index is 12.9. The Kier molecular flexibility index (Phi) is 5.42. The van der Waals surface area contributed by atoms with Crippen LogP contribution < -0.4 is 10.6 Å². The van der Waals surface area contributed by atoms with Crippen molar-refractivity contribution >= 4 is 16.8 Å². The molecule has 2 heterocycles. The normalized spacial score (nSPS) is 15.0. The van der Waals surface area contributed by atoms with Crippen LogP contribution in [0, 0.1) is 0 Å². The van der Waals surface area contributed by atoms with Crippen molar-refractivity contribution in [1.29, 1.82) is 0 Å². The Balaban J connectivity index is 1.56. The van der Waals surface area contributed by atoms with E-state index in [2.05, 4.69) is 15.5 Å². The molecule has 3 aromatic rings. The SMILES string of the molecule is O=C(NCCN1CCNCC1)c1cc(-c2ccccc2)nc2ccccc12. The zero-order valence-electron chi connectivity index (χ0n) is 15.3. The molecule has 1 fully saturated rings. The summed E-state index contributed by atoms with van der Waals surface area (Å²) >= 11 is 0. The van der Waals surface area contributed by atoms with Crippen LogP contribution in [-0.2, 0) is 0 Å². The lowest BCUT2D eigenvalue weighted by Crippen LogP contribution is -2.46. The molecule has 1 amide bonds. The summed E-state index contributed by atoms with van der Waals surface area (Å²) in [6.45, 7) is 5.63. The maximum absolute atomic E-state index is 12.9. The first-order valence-electron chi connectivity index (χ1n) is 9.48. The van der Waals surface area contributed by atoms with E-state index >= 15 is 0 Å². The molecule has 27 heavy (non-hydrogen) atoms. The number of nitrogens with zero attached hydrogens (tertiary/aromatic N) is 2. The van der Waals surface area contributed by atoms with E-state index in [1.807, 2.05) is 60.7 Å². The van der Waals surface area contributed by atoms with Gasteiger partial charge in [0.15, 0.2) is 0 Å². The van der Waals surface area contributed by atoms with Crippen LogP contribution in [0.25, 0.3) is 22.2 Å². The highest BCUT2D eigenvalue weighted by atomic mass is 16.1. The third-order valence-electron chi connectivity index (χ3n) is 4.95. The lowest BCUT2D eigenvalue weighted by atomic mass is 10.0. The lowest BCUT2D eigenvalue weighted by molar-refractivity contribution is 0.0949. The van der Waals surface area contributed by atoms with Crippen molar-refractivity contribution in [2.24, 2.45) is 0 Å². The fourth-order valence-corrected chi connectivity index (χ4v) is 3.48. The molecule has 1 aliphatic heterocycles. The van der Waals surface area contributed by atoms with Crippen molar-refractivity contribution in [2.45, 2.75) is 0 Å². The fraction of sp³-hybridized carbons (Fsp3) is 0.273. The number of amides is 1. The average molecular weight is 360 g/mol. The van der Waals surface area contributed by atoms with Crippen LogP contribution in [0.4, 0.5) is 0 Å². The van der Waals surface area contributed by atoms with Gasteiger partial charge in [0.2, 0.25) is 0 Å². The lowest BCUT2D eigenvalue weighted by Gasteiger charge is -2.27. The number of fused-ring (bicyclic) bond motifs is 1. The van der Waals surface area contributed by atoms with Crippen LogP contribution in [0.5, 0.6) is 0 Å². The standard InChI is InChI=1S/C22H24N4O/c27-22(24-12-15-26-13-10-23-11-14-26)19-16-21(17-6-2-1-3-7-17)25-20-9-5-4-8-18(19)20/h1-9,16,23H,10-15H2,(H,24,27). The van der Waals surface area contributed by atoms with Gasteiger partial charge in [-0.3, -0.25) is 9.69 Å². The first kappa shape index (κ1) is 17.6. The van der Waals surface area contributed by atoms with E-state index in [4.69, 9.17) is 4.98 Å². The number of para-hydroxylation sites is 1. The number of hydrogen-bond acceptors (Lipinski definition) is 4. The third kappa shape index (κ3) is 4.15. The highest BCUT2D eigenvalue weighted by Gasteiger charge is 2.14. The van der Waals surface area contributed by atoms with Crippen molar-refractivity contribution in [1.82, 2.24) is 20.5 Å². The van der Waals surface area contributed by atoms with Gasteiger partial charge in [-0.05, 0) is 12.1 Å². The van der Waals surface area contributed by atoms with Gasteiger partial charge in [0, 0.05) is 50.2 Å². The molecule has 5 nitrogen and oxygen atoms in total. The Morgan fingerprint density at radius 1 is 1.04 bits per heavy atom. The molecular formula is C22H24N4O. The van der Waals surface area contributed by atoms with E-state index in [1.165, 1.54) is 0 Å². The first-order chi connectivity index (χ1) is 13.3. The number of rotatable bonds is 5. The van der Waals surface area contributed by atoms with Crippen LogP contribution in [0.2, 0.25) is 0 Å². The second-order valence-electron chi connectivity index (χ2n) is 6.79. The Morgan fingerprint density at radius 2 is 1.78 bits per heavy atom. The smallest absolute Gasteiger partial charge is 0.252 e. The van der Waals surface area contributed by atoms with Gasteiger partial charge in [0.25, 0.3) is 5.91 Å². The Labute approximate surface area is 159 Å². The molecule has 0 spiro atoms. The van der Waals surface area contributed by atoms with Crippen molar-refractivity contribution in [3.63, 3.8) is 0 Å². The van der Waals surface area contributed by atoms with E-state index in [9.17, 15) is 4.79 Å². The van der Waals surface area contributed by atoms with Crippen LogP contribution >= 0.6 is 0 Å². The molecule has 138 valence electrons. The zero-order valence-corrected chi connectivity index (χ0v) is 15.3. The molecule has 0 unspecified atom stereocenters. The van der Waals surface area contributed by atoms with E-state index in [-0.39, 0.29) is 5.91 Å². The second kappa shape index (κ2) is 8.29. The van der Waals surface area contributed by atoms with Gasteiger partial charge in [-0.1, -0.05) is 48.5 Å². The maximum Gasteiger partial charge on any atom is 0.252 e. The largest absolute Gasteiger partial charge is 0.351 e. The minimum Gasteiger partial charge on any atom is -0.351 e. The van der Waals surface area contributed by atoms with Crippen molar-refractivity contribution in [2.75, 3.05) is 39.3 Å². The van der Waals surface area contributed by atoms with Gasteiger partial charge in [-0.15, -0.1) is 0 Å². The van der Waals surface area contributed by atoms with Crippen molar-refractivity contribution in [3.05, 3.63) is 66.2 Å². The van der Waals surface area contributed by atoms with Crippen LogP contribution in [0.3, 0.4) is 0 Å². The van der Waals surface area contributed by atoms with Gasteiger partial charge >= 0.3 is 0 Å². The molecule has 0 saturated carbocycles. The van der Waals surface area contributed by atoms with Crippen molar-refractivity contribution < 1.29 is 4.79 Å². The van der Waals surface area contributed by atoms with Gasteiger partial charge in [0.05, 0.1) is 16.8 Å². The molecule has 2 N–H and O–H groups in total. The highest BCUT2D eigenvalue weighted by molar-refractivity contribution is 6.07. The van der Waals surface area contributed by atoms with Gasteiger partial charge in [-0.2, -0.15) is 0 Å². The third-order valence-corrected chi connectivity index (χ3v) is 4.95. The number of carbonyl (C=O) groups is 1. The Hall–Kier alpha value is -2.76. The number of carbonyl (C=O) groups excluding carboxylic acids is 1. The summed E-state index contributed by atoms with van der Waals surface area (Å²) in [6, 6.07) is 19.7. The Bertz CT molecular complexity index is 920. The van der Waals surface area contributed by atoms with Gasteiger partial charge < -0.3 is 10.6 Å². The number of nitrogens with one attached hydrogen (secondary N) is 2. The zero-order chi connectivity index (χ0) is 18.5. The molecule has 0 aliphatic carbocycles. The summed E-state index contributed by atoms with van der Waals surface area (Å²) in [5.74, 6) is -0.0408. The summed E-state index contributed by atoms with van der Waals surface area (Å²) in [5, 5.41) is 7.32. The van der Waals surface area contributed by atoms with Crippen LogP contribution in [0.15, 0.2) is 60.7 Å². The monoisotopic (exact) mass is 360 g/mol. The van der Waals surface area contributed by atoms with Gasteiger partial charge in [-0.25, -0.2) is 4.98 Å². The van der Waals surface area contributed by atoms with Crippen molar-refractivity contribution in [3.8, 4) is 11.3 Å². The topological polar surface area (TPSA) is 57.3 Å². The molecule has 0 radical (unpaired) electrons. The van der Waals surface area contributed by atoms with E-state index in [1.54, 1.807) is 0 Å². The molecule has 5 heteroatoms. The minimum absolute atomic E-state index is 0.0408. The molecule has 2 aromatic carbocycles. The van der Waals surface area contributed by atoms with E-state index in [0.717, 1.165) is 54.9 Å². The molecule has 1 aromatic heterocycles. The van der Waals surface area contributed by atoms with E-state index in [0.29, 0.717) is 12.1 Å². The molecule has 4 rings (SSSR count). The van der Waals surface area contributed by atoms with Crippen LogP contribution in [0.1, 0.15) is 10.4 Å². The molecule has 0 atom stereocenters. The molecule has 1 saturated heterocycles. The molecule has 0 bridgehead atoms. The van der Waals surface area contributed by atoms with Crippen LogP contribution in [-0.4, -0.2) is 55.1 Å². The summed E-state index contributed by atoms with van der Waals surface area (Å²) in [6.07, 6.45) is 0. The first-order valence-corrected chi connectivity index (χ1v) is 9.48. The quantitative estimate of drug-likeness (QED) is 0.734. The fourth-order valence-electron chi connectivity index (χ4n) is 3.48. The number of piperazine rings is 1. The highest BCUT2D eigenvalue weighted by Crippen LogP contribution is 2.24. The summed E-state index contributed by atoms with van der Waals surface area (Å²) in [7, 11) is 0. The number of pyridine rings is 1. The molecule has 1 aliphatic rings. The average Bonchev–Trinajstić information content (AvgIpc) is 2.74. The second-order valence-corrected chi connectivity index (χ2v) is 6.79. The predicted molar refractivity (Wildman–Crippen MR) is 109 cm³/mol. The number of hydrogen-bond donors (Lipinski definition) is 2. The number of benzene rings is 2.